The van der Waals surface area contributed by atoms with Gasteiger partial charge in [0.15, 0.2) is 0 Å². The molecule has 10 heteroatoms. The third-order valence-corrected chi connectivity index (χ3v) is 8.79. The van der Waals surface area contributed by atoms with Crippen LogP contribution in [0.2, 0.25) is 5.02 Å². The lowest BCUT2D eigenvalue weighted by atomic mass is 9.84. The van der Waals surface area contributed by atoms with Gasteiger partial charge < -0.3 is 10.0 Å². The van der Waals surface area contributed by atoms with E-state index < -0.39 is 15.6 Å². The molecule has 1 aliphatic heterocycles. The molecule has 35 heavy (non-hydrogen) atoms. The first-order valence-electron chi connectivity index (χ1n) is 11.0. The minimum absolute atomic E-state index is 0.107. The van der Waals surface area contributed by atoms with Crippen molar-refractivity contribution < 1.29 is 18.3 Å². The third kappa shape index (κ3) is 4.64. The largest absolute Gasteiger partial charge is 0.385 e. The standard InChI is InChI=1S/C25H22ClN3O4S2/c26-20-5-2-1-4-19(20)25(31)12-14-29(15-13-25)24(30)17-8-10-18(11-9-17)28-35(32,33)22-7-3-6-21-23(22)27-16-34-21/h1-11,16,28,31H,12-15H2. The first-order valence-corrected chi connectivity index (χ1v) is 13.7. The topological polar surface area (TPSA) is 99.6 Å². The zero-order chi connectivity index (χ0) is 24.6. The van der Waals surface area contributed by atoms with E-state index in [0.717, 1.165) is 4.70 Å². The first-order chi connectivity index (χ1) is 16.8. The molecule has 0 aliphatic carbocycles. The highest BCUT2D eigenvalue weighted by atomic mass is 35.5. The van der Waals surface area contributed by atoms with Crippen LogP contribution in [0.5, 0.6) is 0 Å². The second-order valence-electron chi connectivity index (χ2n) is 8.44. The van der Waals surface area contributed by atoms with Gasteiger partial charge >= 0.3 is 0 Å². The average molecular weight is 528 g/mol. The molecule has 0 spiro atoms. The number of para-hydroxylation sites is 1. The van der Waals surface area contributed by atoms with Gasteiger partial charge in [-0.15, -0.1) is 11.3 Å². The second-order valence-corrected chi connectivity index (χ2v) is 11.4. The monoisotopic (exact) mass is 527 g/mol. The lowest BCUT2D eigenvalue weighted by Gasteiger charge is -2.39. The van der Waals surface area contributed by atoms with Gasteiger partial charge in [-0.05, 0) is 55.3 Å². The SMILES string of the molecule is O=C(c1ccc(NS(=O)(=O)c2cccc3scnc23)cc1)N1CCC(O)(c2ccccc2Cl)CC1. The normalized spacial score (nSPS) is 15.8. The maximum atomic E-state index is 13.0. The van der Waals surface area contributed by atoms with Gasteiger partial charge in [-0.2, -0.15) is 0 Å². The number of likely N-dealkylation sites (tertiary alicyclic amines) is 1. The molecule has 0 unspecified atom stereocenters. The van der Waals surface area contributed by atoms with Crippen LogP contribution in [0.15, 0.2) is 77.1 Å². The van der Waals surface area contributed by atoms with Crippen LogP contribution in [0.4, 0.5) is 5.69 Å². The Kier molecular flexibility index (Phi) is 6.27. The molecule has 1 amide bonds. The number of rotatable bonds is 5. The highest BCUT2D eigenvalue weighted by Crippen LogP contribution is 2.37. The summed E-state index contributed by atoms with van der Waals surface area (Å²) in [4.78, 5) is 19.0. The van der Waals surface area contributed by atoms with E-state index in [1.165, 1.54) is 17.4 Å². The minimum Gasteiger partial charge on any atom is -0.385 e. The number of aromatic nitrogens is 1. The molecule has 1 saturated heterocycles. The number of thiazole rings is 1. The number of hydrogen-bond acceptors (Lipinski definition) is 6. The van der Waals surface area contributed by atoms with Gasteiger partial charge in [0.05, 0.1) is 15.8 Å². The van der Waals surface area contributed by atoms with E-state index in [1.54, 1.807) is 46.8 Å². The van der Waals surface area contributed by atoms with Crippen molar-refractivity contribution in [1.29, 1.82) is 0 Å². The van der Waals surface area contributed by atoms with Crippen LogP contribution in [-0.4, -0.2) is 42.4 Å². The molecule has 0 bridgehead atoms. The van der Waals surface area contributed by atoms with Gasteiger partial charge in [0, 0.05) is 34.9 Å². The molecule has 7 nitrogen and oxygen atoms in total. The van der Waals surface area contributed by atoms with Gasteiger partial charge in [-0.1, -0.05) is 35.9 Å². The molecular formula is C25H22ClN3O4S2. The van der Waals surface area contributed by atoms with E-state index >= 15 is 0 Å². The molecule has 4 aromatic rings. The molecule has 0 atom stereocenters. The number of sulfonamides is 1. The van der Waals surface area contributed by atoms with Crippen LogP contribution in [0.1, 0.15) is 28.8 Å². The maximum absolute atomic E-state index is 13.0. The number of piperidine rings is 1. The Morgan fingerprint density at radius 1 is 1.03 bits per heavy atom. The zero-order valence-electron chi connectivity index (χ0n) is 18.5. The fourth-order valence-corrected chi connectivity index (χ4v) is 6.65. The van der Waals surface area contributed by atoms with E-state index in [9.17, 15) is 18.3 Å². The summed E-state index contributed by atoms with van der Waals surface area (Å²) in [7, 11) is -3.85. The van der Waals surface area contributed by atoms with Crippen molar-refractivity contribution in [3.63, 3.8) is 0 Å². The van der Waals surface area contributed by atoms with Gasteiger partial charge in [0.2, 0.25) is 0 Å². The first kappa shape index (κ1) is 23.7. The van der Waals surface area contributed by atoms with Crippen molar-refractivity contribution in [2.24, 2.45) is 0 Å². The van der Waals surface area contributed by atoms with E-state index in [2.05, 4.69) is 9.71 Å². The lowest BCUT2D eigenvalue weighted by molar-refractivity contribution is -0.0210. The van der Waals surface area contributed by atoms with Crippen LogP contribution < -0.4 is 4.72 Å². The summed E-state index contributed by atoms with van der Waals surface area (Å²) in [6.07, 6.45) is 0.755. The molecule has 5 rings (SSSR count). The van der Waals surface area contributed by atoms with E-state index in [-0.39, 0.29) is 10.8 Å². The predicted molar refractivity (Wildman–Crippen MR) is 137 cm³/mol. The molecule has 0 radical (unpaired) electrons. The molecular weight excluding hydrogens is 506 g/mol. The predicted octanol–water partition coefficient (Wildman–Crippen LogP) is 4.87. The van der Waals surface area contributed by atoms with Crippen molar-refractivity contribution >= 4 is 54.8 Å². The Balaban J connectivity index is 1.27. The number of carbonyl (C=O) groups is 1. The highest BCUT2D eigenvalue weighted by molar-refractivity contribution is 7.93. The van der Waals surface area contributed by atoms with Crippen LogP contribution in [0.3, 0.4) is 0 Å². The van der Waals surface area contributed by atoms with Crippen LogP contribution in [0, 0.1) is 0 Å². The lowest BCUT2D eigenvalue weighted by Crippen LogP contribution is -2.45. The third-order valence-electron chi connectivity index (χ3n) is 6.25. The number of aliphatic hydroxyl groups is 1. The fraction of sp³-hybridized carbons (Fsp3) is 0.200. The molecule has 0 saturated carbocycles. The number of fused-ring (bicyclic) bond motifs is 1. The molecule has 1 aromatic heterocycles. The minimum atomic E-state index is -3.85. The molecule has 2 N–H and O–H groups in total. The molecule has 2 heterocycles. The summed E-state index contributed by atoms with van der Waals surface area (Å²) in [5, 5.41) is 11.6. The number of benzene rings is 3. The number of anilines is 1. The summed E-state index contributed by atoms with van der Waals surface area (Å²) in [5.74, 6) is -0.173. The smallest absolute Gasteiger partial charge is 0.264 e. The molecule has 1 aliphatic rings. The van der Waals surface area contributed by atoms with Crippen LogP contribution >= 0.6 is 22.9 Å². The Labute approximate surface area is 212 Å². The summed E-state index contributed by atoms with van der Waals surface area (Å²) < 4.78 is 29.2. The van der Waals surface area contributed by atoms with Gasteiger partial charge in [0.1, 0.15) is 10.4 Å². The van der Waals surface area contributed by atoms with Crippen molar-refractivity contribution in [1.82, 2.24) is 9.88 Å². The van der Waals surface area contributed by atoms with E-state index in [1.807, 2.05) is 24.3 Å². The highest BCUT2D eigenvalue weighted by Gasteiger charge is 2.37. The Morgan fingerprint density at radius 3 is 2.46 bits per heavy atom. The quantitative estimate of drug-likeness (QED) is 0.385. The number of carbonyl (C=O) groups excluding carboxylic acids is 1. The number of nitrogens with zero attached hydrogens (tertiary/aromatic N) is 2. The zero-order valence-corrected chi connectivity index (χ0v) is 20.9. The van der Waals surface area contributed by atoms with Crippen molar-refractivity contribution in [2.45, 2.75) is 23.3 Å². The summed E-state index contributed by atoms with van der Waals surface area (Å²) >= 11 is 7.65. The number of amides is 1. The van der Waals surface area contributed by atoms with E-state index in [4.69, 9.17) is 11.6 Å². The second kappa shape index (κ2) is 9.23. The number of halogens is 1. The Hall–Kier alpha value is -2.98. The Bertz CT molecular complexity index is 1490. The fourth-order valence-electron chi connectivity index (χ4n) is 4.34. The van der Waals surface area contributed by atoms with Crippen molar-refractivity contribution in [3.05, 3.63) is 88.4 Å². The number of hydrogen-bond donors (Lipinski definition) is 2. The molecule has 1 fully saturated rings. The average Bonchev–Trinajstić information content (AvgIpc) is 3.33. The van der Waals surface area contributed by atoms with Gasteiger partial charge in [-0.25, -0.2) is 13.4 Å². The summed E-state index contributed by atoms with van der Waals surface area (Å²) in [6, 6.07) is 18.6. The van der Waals surface area contributed by atoms with Gasteiger partial charge in [-0.3, -0.25) is 9.52 Å². The summed E-state index contributed by atoms with van der Waals surface area (Å²) in [6.45, 7) is 0.763. The number of nitrogens with one attached hydrogen (secondary N) is 1. The maximum Gasteiger partial charge on any atom is 0.264 e. The van der Waals surface area contributed by atoms with Crippen LogP contribution in [-0.2, 0) is 15.6 Å². The van der Waals surface area contributed by atoms with Gasteiger partial charge in [0.25, 0.3) is 15.9 Å². The molecule has 3 aromatic carbocycles. The molecule has 180 valence electrons. The summed E-state index contributed by atoms with van der Waals surface area (Å²) in [5.41, 5.74) is 2.44. The van der Waals surface area contributed by atoms with Crippen molar-refractivity contribution in [2.75, 3.05) is 17.8 Å². The van der Waals surface area contributed by atoms with Crippen LogP contribution in [0.25, 0.3) is 10.2 Å². The van der Waals surface area contributed by atoms with Crippen molar-refractivity contribution in [3.8, 4) is 0 Å². The Morgan fingerprint density at radius 2 is 1.74 bits per heavy atom. The van der Waals surface area contributed by atoms with E-state index in [0.29, 0.717) is 53.3 Å².